The summed E-state index contributed by atoms with van der Waals surface area (Å²) in [4.78, 5) is 0. The Morgan fingerprint density at radius 1 is 1.00 bits per heavy atom. The lowest BCUT2D eigenvalue weighted by Crippen LogP contribution is -2.22. The number of alkyl halides is 3. The molecule has 0 amide bonds. The van der Waals surface area contributed by atoms with Gasteiger partial charge in [-0.15, -0.1) is 13.2 Å². The first-order valence-corrected chi connectivity index (χ1v) is 9.48. The third-order valence-corrected chi connectivity index (χ3v) is 6.02. The monoisotopic (exact) mass is 376 g/mol. The van der Waals surface area contributed by atoms with Crippen LogP contribution in [0.4, 0.5) is 22.0 Å². The highest BCUT2D eigenvalue weighted by atomic mass is 19.4. The molecule has 0 aliphatic heterocycles. The summed E-state index contributed by atoms with van der Waals surface area (Å²) in [5.74, 6) is -1.91. The van der Waals surface area contributed by atoms with E-state index in [1.807, 2.05) is 0 Å². The maximum atomic E-state index is 14.3. The Morgan fingerprint density at radius 2 is 1.65 bits per heavy atom. The van der Waals surface area contributed by atoms with E-state index in [2.05, 4.69) is 11.7 Å². The maximum absolute atomic E-state index is 14.3. The van der Waals surface area contributed by atoms with Gasteiger partial charge >= 0.3 is 6.36 Å². The van der Waals surface area contributed by atoms with E-state index in [-0.39, 0.29) is 5.56 Å². The lowest BCUT2D eigenvalue weighted by atomic mass is 9.76. The molecule has 1 unspecified atom stereocenters. The largest absolute Gasteiger partial charge is 0.573 e. The van der Waals surface area contributed by atoms with E-state index in [1.165, 1.54) is 25.7 Å². The van der Waals surface area contributed by atoms with Gasteiger partial charge in [-0.25, -0.2) is 8.78 Å². The van der Waals surface area contributed by atoms with Crippen molar-refractivity contribution in [1.29, 1.82) is 0 Å². The summed E-state index contributed by atoms with van der Waals surface area (Å²) in [6.07, 6.45) is 3.69. The first kappa shape index (κ1) is 19.4. The molecule has 1 aromatic rings. The van der Waals surface area contributed by atoms with E-state index in [0.717, 1.165) is 37.2 Å². The van der Waals surface area contributed by atoms with Crippen LogP contribution >= 0.6 is 0 Å². The fraction of sp³-hybridized carbons (Fsp3) is 0.700. The normalized spacial score (nSPS) is 26.5. The van der Waals surface area contributed by atoms with Crippen LogP contribution in [0.15, 0.2) is 6.07 Å². The van der Waals surface area contributed by atoms with Gasteiger partial charge in [-0.3, -0.25) is 0 Å². The van der Waals surface area contributed by atoms with Crippen LogP contribution in [0.5, 0.6) is 5.75 Å². The number of rotatable bonds is 4. The van der Waals surface area contributed by atoms with Gasteiger partial charge in [0.25, 0.3) is 0 Å². The van der Waals surface area contributed by atoms with Gasteiger partial charge in [-0.1, -0.05) is 39.0 Å². The summed E-state index contributed by atoms with van der Waals surface area (Å²) in [7, 11) is 0. The Hall–Kier alpha value is -1.33. The van der Waals surface area contributed by atoms with E-state index >= 15 is 0 Å². The smallest absolute Gasteiger partial charge is 0.399 e. The van der Waals surface area contributed by atoms with Crippen molar-refractivity contribution >= 4 is 0 Å². The topological polar surface area (TPSA) is 9.23 Å². The third-order valence-electron chi connectivity index (χ3n) is 6.02. The van der Waals surface area contributed by atoms with Gasteiger partial charge in [0.05, 0.1) is 0 Å². The Kier molecular flexibility index (Phi) is 5.78. The summed E-state index contributed by atoms with van der Waals surface area (Å²) in [6, 6.07) is 1.02. The molecule has 6 heteroatoms. The zero-order valence-electron chi connectivity index (χ0n) is 15.0. The van der Waals surface area contributed by atoms with Gasteiger partial charge < -0.3 is 4.74 Å². The van der Waals surface area contributed by atoms with E-state index in [1.54, 1.807) is 0 Å². The lowest BCUT2D eigenvalue weighted by Gasteiger charge is -2.30. The van der Waals surface area contributed by atoms with Crippen LogP contribution in [0.2, 0.25) is 0 Å². The van der Waals surface area contributed by atoms with Crippen molar-refractivity contribution < 1.29 is 26.7 Å². The molecule has 0 spiro atoms. The average Bonchev–Trinajstić information content (AvgIpc) is 2.57. The second-order valence-corrected chi connectivity index (χ2v) is 8.00. The van der Waals surface area contributed by atoms with Crippen molar-refractivity contribution in [3.63, 3.8) is 0 Å². The summed E-state index contributed by atoms with van der Waals surface area (Å²) in [5, 5.41) is 0. The van der Waals surface area contributed by atoms with Crippen LogP contribution in [0.1, 0.15) is 63.0 Å². The number of halogens is 5. The van der Waals surface area contributed by atoms with E-state index in [4.69, 9.17) is 0 Å². The Balaban J connectivity index is 1.63. The SMILES string of the molecule is CC1CCC(CCC2CCc3c(cc(F)c(OC(F)(F)F)c3F)C2)CC1. The van der Waals surface area contributed by atoms with Crippen molar-refractivity contribution in [1.82, 2.24) is 0 Å². The van der Waals surface area contributed by atoms with Crippen LogP contribution in [0.3, 0.4) is 0 Å². The molecule has 1 aromatic carbocycles. The standard InChI is InChI=1S/C20H25F5O/c1-12-2-4-13(5-3-12)6-7-14-8-9-16-15(10-14)11-17(21)19(18(16)22)26-20(23,24)25/h11-14H,2-10H2,1H3. The van der Waals surface area contributed by atoms with E-state index < -0.39 is 23.7 Å². The Bertz CT molecular complexity index is 632. The molecule has 1 atom stereocenters. The first-order chi connectivity index (χ1) is 12.2. The van der Waals surface area contributed by atoms with Gasteiger partial charge in [0.1, 0.15) is 0 Å². The fourth-order valence-electron chi connectivity index (χ4n) is 4.45. The van der Waals surface area contributed by atoms with Crippen molar-refractivity contribution in [3.8, 4) is 5.75 Å². The third kappa shape index (κ3) is 4.68. The van der Waals surface area contributed by atoms with Crippen LogP contribution in [0.25, 0.3) is 0 Å². The molecule has 146 valence electrons. The molecule has 3 rings (SSSR count). The van der Waals surface area contributed by atoms with Crippen LogP contribution in [0, 0.1) is 29.4 Å². The fourth-order valence-corrected chi connectivity index (χ4v) is 4.45. The lowest BCUT2D eigenvalue weighted by molar-refractivity contribution is -0.276. The van der Waals surface area contributed by atoms with Crippen molar-refractivity contribution in [2.24, 2.45) is 17.8 Å². The molecule has 1 nitrogen and oxygen atoms in total. The highest BCUT2D eigenvalue weighted by Crippen LogP contribution is 2.39. The minimum atomic E-state index is -5.11. The number of fused-ring (bicyclic) bond motifs is 1. The van der Waals surface area contributed by atoms with Crippen LogP contribution < -0.4 is 4.74 Å². The molecule has 2 aliphatic rings. The highest BCUT2D eigenvalue weighted by Gasteiger charge is 2.36. The Morgan fingerprint density at radius 3 is 2.31 bits per heavy atom. The Labute approximate surface area is 150 Å². The highest BCUT2D eigenvalue weighted by molar-refractivity contribution is 5.40. The molecule has 0 aromatic heterocycles. The number of ether oxygens (including phenoxy) is 1. The summed E-state index contributed by atoms with van der Waals surface area (Å²) < 4.78 is 68.8. The van der Waals surface area contributed by atoms with Crippen LogP contribution in [-0.4, -0.2) is 6.36 Å². The second kappa shape index (κ2) is 7.73. The van der Waals surface area contributed by atoms with E-state index in [9.17, 15) is 22.0 Å². The minimum absolute atomic E-state index is 0.174. The minimum Gasteiger partial charge on any atom is -0.399 e. The van der Waals surface area contributed by atoms with Crippen molar-refractivity contribution in [2.45, 2.75) is 71.1 Å². The van der Waals surface area contributed by atoms with Gasteiger partial charge in [-0.05, 0) is 60.6 Å². The van der Waals surface area contributed by atoms with Crippen molar-refractivity contribution in [2.75, 3.05) is 0 Å². The predicted octanol–water partition coefficient (Wildman–Crippen LogP) is 6.57. The second-order valence-electron chi connectivity index (χ2n) is 8.00. The van der Waals surface area contributed by atoms with Gasteiger partial charge in [0, 0.05) is 0 Å². The van der Waals surface area contributed by atoms with Crippen LogP contribution in [-0.2, 0) is 12.8 Å². The summed E-state index contributed by atoms with van der Waals surface area (Å²) >= 11 is 0. The molecule has 0 radical (unpaired) electrons. The van der Waals surface area contributed by atoms with Crippen molar-refractivity contribution in [3.05, 3.63) is 28.8 Å². The predicted molar refractivity (Wildman–Crippen MR) is 88.9 cm³/mol. The maximum Gasteiger partial charge on any atom is 0.573 e. The van der Waals surface area contributed by atoms with E-state index in [0.29, 0.717) is 24.3 Å². The summed E-state index contributed by atoms with van der Waals surface area (Å²) in [5.41, 5.74) is 0.663. The molecule has 2 aliphatic carbocycles. The number of hydrogen-bond donors (Lipinski definition) is 0. The van der Waals surface area contributed by atoms with Gasteiger partial charge in [-0.2, -0.15) is 0 Å². The number of hydrogen-bond acceptors (Lipinski definition) is 1. The molecule has 26 heavy (non-hydrogen) atoms. The quantitative estimate of drug-likeness (QED) is 0.540. The molecule has 1 saturated carbocycles. The summed E-state index contributed by atoms with van der Waals surface area (Å²) in [6.45, 7) is 2.29. The average molecular weight is 376 g/mol. The molecule has 0 bridgehead atoms. The first-order valence-electron chi connectivity index (χ1n) is 9.48. The molecular formula is C20H25F5O. The molecule has 1 fully saturated rings. The molecule has 0 heterocycles. The van der Waals surface area contributed by atoms with Gasteiger partial charge in [0.15, 0.2) is 11.6 Å². The zero-order valence-corrected chi connectivity index (χ0v) is 15.0. The molecular weight excluding hydrogens is 351 g/mol. The van der Waals surface area contributed by atoms with Gasteiger partial charge in [0.2, 0.25) is 5.75 Å². The molecule has 0 saturated heterocycles. The zero-order chi connectivity index (χ0) is 18.9. The molecule has 0 N–H and O–H groups in total. The number of benzene rings is 1.